The second kappa shape index (κ2) is 17.8. The largest absolute Gasteiger partial charge is 0.485 e. The molecule has 1 N–H and O–H groups in total. The summed E-state index contributed by atoms with van der Waals surface area (Å²) in [5.41, 5.74) is 2.31. The van der Waals surface area contributed by atoms with Crippen molar-refractivity contribution in [1.29, 1.82) is 0 Å². The molecule has 0 radical (unpaired) electrons. The lowest BCUT2D eigenvalue weighted by atomic mass is 10.2. The Hall–Kier alpha value is -7.06. The van der Waals surface area contributed by atoms with E-state index in [1.807, 2.05) is 47.1 Å². The third kappa shape index (κ3) is 8.78. The van der Waals surface area contributed by atoms with E-state index >= 15 is 0 Å². The minimum atomic E-state index is -4.64. The van der Waals surface area contributed by atoms with Gasteiger partial charge in [0, 0.05) is 44.8 Å². The second-order valence-corrected chi connectivity index (χ2v) is 15.8. The molecular formula is C44H41ClF3N11O6. The van der Waals surface area contributed by atoms with Crippen LogP contribution in [0.4, 0.5) is 30.6 Å². The first kappa shape index (κ1) is 43.2. The van der Waals surface area contributed by atoms with Crippen LogP contribution in [-0.4, -0.2) is 103 Å². The van der Waals surface area contributed by atoms with Crippen LogP contribution in [0, 0.1) is 6.92 Å². The Bertz CT molecular complexity index is 2980. The summed E-state index contributed by atoms with van der Waals surface area (Å²) in [5, 5.41) is 6.96. The molecule has 7 aromatic rings. The molecule has 0 unspecified atom stereocenters. The molecule has 21 heteroatoms. The summed E-state index contributed by atoms with van der Waals surface area (Å²) in [5.74, 6) is -0.525. The maximum atomic E-state index is 14.7. The van der Waals surface area contributed by atoms with E-state index in [9.17, 15) is 27.6 Å². The summed E-state index contributed by atoms with van der Waals surface area (Å²) < 4.78 is 60.6. The number of nitrogens with zero attached hydrogens (tertiary/aromatic N) is 10. The Labute approximate surface area is 373 Å². The number of fused-ring (bicyclic) bond motifs is 2. The number of aryl methyl sites for hydroxylation is 1. The number of piperazine rings is 1. The molecule has 336 valence electrons. The quantitative estimate of drug-likeness (QED) is 0.159. The Kier molecular flexibility index (Phi) is 11.9. The average Bonchev–Trinajstić information content (AvgIpc) is 3.96. The molecule has 2 saturated heterocycles. The van der Waals surface area contributed by atoms with E-state index in [0.29, 0.717) is 60.4 Å². The van der Waals surface area contributed by atoms with E-state index in [-0.39, 0.29) is 84.6 Å². The number of oxazole rings is 1. The van der Waals surface area contributed by atoms with Crippen LogP contribution in [0.25, 0.3) is 28.3 Å². The van der Waals surface area contributed by atoms with Crippen molar-refractivity contribution in [3.05, 3.63) is 117 Å². The molecule has 0 bridgehead atoms. The van der Waals surface area contributed by atoms with E-state index in [2.05, 4.69) is 25.4 Å². The van der Waals surface area contributed by atoms with E-state index in [1.165, 1.54) is 6.33 Å². The van der Waals surface area contributed by atoms with Gasteiger partial charge in [0.05, 0.1) is 40.9 Å². The molecular weight excluding hydrogens is 871 g/mol. The fourth-order valence-electron chi connectivity index (χ4n) is 7.92. The monoisotopic (exact) mass is 911 g/mol. The topological polar surface area (TPSA) is 178 Å². The first-order valence-corrected chi connectivity index (χ1v) is 21.2. The highest BCUT2D eigenvalue weighted by Crippen LogP contribution is 2.34. The van der Waals surface area contributed by atoms with Gasteiger partial charge in [-0.1, -0.05) is 48.9 Å². The van der Waals surface area contributed by atoms with Gasteiger partial charge in [-0.25, -0.2) is 9.97 Å². The van der Waals surface area contributed by atoms with Crippen LogP contribution in [0.15, 0.2) is 82.3 Å². The number of morpholine rings is 1. The van der Waals surface area contributed by atoms with Gasteiger partial charge in [-0.3, -0.25) is 14.4 Å². The Balaban J connectivity index is 1.04. The summed E-state index contributed by atoms with van der Waals surface area (Å²) in [6.07, 6.45) is -3.06. The third-order valence-electron chi connectivity index (χ3n) is 11.2. The highest BCUT2D eigenvalue weighted by Gasteiger charge is 2.33. The summed E-state index contributed by atoms with van der Waals surface area (Å²) in [6, 6.07) is 17.9. The molecule has 65 heavy (non-hydrogen) atoms. The number of halogens is 4. The van der Waals surface area contributed by atoms with Crippen LogP contribution >= 0.6 is 11.6 Å². The minimum absolute atomic E-state index is 0.0349. The van der Waals surface area contributed by atoms with Crippen LogP contribution < -0.4 is 25.4 Å². The van der Waals surface area contributed by atoms with Crippen molar-refractivity contribution in [3.8, 4) is 17.1 Å². The number of anilines is 3. The zero-order valence-corrected chi connectivity index (χ0v) is 35.9. The van der Waals surface area contributed by atoms with Crippen molar-refractivity contribution in [3.63, 3.8) is 0 Å². The van der Waals surface area contributed by atoms with Gasteiger partial charge in [0.1, 0.15) is 30.7 Å². The highest BCUT2D eigenvalue weighted by atomic mass is 35.5. The van der Waals surface area contributed by atoms with Crippen molar-refractivity contribution in [1.82, 2.24) is 39.0 Å². The van der Waals surface area contributed by atoms with Crippen molar-refractivity contribution >= 4 is 57.7 Å². The van der Waals surface area contributed by atoms with Gasteiger partial charge in [0.25, 0.3) is 17.5 Å². The number of carbonyl (C=O) groups is 2. The number of hydrogen-bond acceptors (Lipinski definition) is 13. The molecule has 2 aliphatic heterocycles. The fourth-order valence-corrected chi connectivity index (χ4v) is 8.15. The molecule has 2 fully saturated rings. The van der Waals surface area contributed by atoms with Crippen LogP contribution in [0.5, 0.6) is 5.75 Å². The molecule has 17 nitrogen and oxygen atoms in total. The summed E-state index contributed by atoms with van der Waals surface area (Å²) in [4.78, 5) is 66.0. The maximum Gasteiger partial charge on any atom is 0.416 e. The van der Waals surface area contributed by atoms with Crippen LogP contribution in [0.2, 0.25) is 5.02 Å². The maximum absolute atomic E-state index is 14.7. The summed E-state index contributed by atoms with van der Waals surface area (Å²) in [7, 11) is 0. The predicted molar refractivity (Wildman–Crippen MR) is 233 cm³/mol. The fraction of sp³-hybridized carbons (Fsp3) is 0.318. The van der Waals surface area contributed by atoms with Crippen LogP contribution in [-0.2, 0) is 35.3 Å². The number of carbonyl (C=O) groups excluding carboxylic acids is 2. The number of aromatic nitrogens is 7. The number of benzene rings is 3. The summed E-state index contributed by atoms with van der Waals surface area (Å²) in [6.45, 7) is 6.57. The average molecular weight is 912 g/mol. The molecule has 3 aromatic carbocycles. The van der Waals surface area contributed by atoms with E-state index < -0.39 is 29.8 Å². The van der Waals surface area contributed by atoms with Gasteiger partial charge in [-0.2, -0.15) is 27.7 Å². The van der Waals surface area contributed by atoms with Crippen molar-refractivity contribution in [2.24, 2.45) is 0 Å². The molecule has 0 saturated carbocycles. The zero-order chi connectivity index (χ0) is 45.4. The zero-order valence-electron chi connectivity index (χ0n) is 35.1. The van der Waals surface area contributed by atoms with Gasteiger partial charge >= 0.3 is 6.18 Å². The molecule has 2 amide bonds. The lowest BCUT2D eigenvalue weighted by Crippen LogP contribution is -2.51. The Morgan fingerprint density at radius 1 is 0.923 bits per heavy atom. The standard InChI is InChI=1S/C44H41ClF3N11O6/c1-3-33-37(55-13-15-56(16-14-55)40(61)36-38(26(2)49-25-50-36)64-24-27-7-5-4-6-8-27)41(62)59-42(58(33)23-35(60)51-31-12-10-29(22-30(31)45)44(46,47)48)53-39(54-59)28-9-11-32-34(21-28)65-43(52-32)57-17-19-63-20-18-57/h4-12,21-22,25H,3,13-20,23-24H2,1-2H3,(H,51,60). The molecule has 0 atom stereocenters. The molecule has 4 aromatic heterocycles. The van der Waals surface area contributed by atoms with E-state index in [1.54, 1.807) is 34.6 Å². The Morgan fingerprint density at radius 3 is 2.42 bits per heavy atom. The van der Waals surface area contributed by atoms with Gasteiger partial charge in [-0.05, 0) is 55.3 Å². The lowest BCUT2D eigenvalue weighted by Gasteiger charge is -2.36. The first-order valence-electron chi connectivity index (χ1n) is 20.8. The SMILES string of the molecule is CCc1c(N2CCN(C(=O)c3ncnc(C)c3OCc3ccccc3)CC2)c(=O)n2nc(-c3ccc4nc(N5CCOCC5)oc4c3)nc2n1CC(=O)Nc1ccc(C(F)(F)F)cc1Cl. The number of nitrogens with one attached hydrogen (secondary N) is 1. The number of hydrogen-bond donors (Lipinski definition) is 1. The molecule has 6 heterocycles. The highest BCUT2D eigenvalue weighted by molar-refractivity contribution is 6.33. The lowest BCUT2D eigenvalue weighted by molar-refractivity contribution is -0.137. The van der Waals surface area contributed by atoms with Crippen LogP contribution in [0.3, 0.4) is 0 Å². The normalized spacial score (nSPS) is 14.6. The molecule has 0 spiro atoms. The van der Waals surface area contributed by atoms with Crippen molar-refractivity contribution in [2.75, 3.05) is 67.6 Å². The van der Waals surface area contributed by atoms with Crippen molar-refractivity contribution in [2.45, 2.75) is 39.6 Å². The van der Waals surface area contributed by atoms with E-state index in [4.69, 9.17) is 30.5 Å². The Morgan fingerprint density at radius 2 is 1.69 bits per heavy atom. The molecule has 2 aliphatic rings. The molecule has 9 rings (SSSR count). The van der Waals surface area contributed by atoms with Gasteiger partial charge < -0.3 is 38.5 Å². The van der Waals surface area contributed by atoms with Gasteiger partial charge in [-0.15, -0.1) is 5.10 Å². The first-order chi connectivity index (χ1) is 31.4. The van der Waals surface area contributed by atoms with Crippen LogP contribution in [0.1, 0.15) is 39.9 Å². The number of ether oxygens (including phenoxy) is 2. The number of rotatable bonds is 11. The number of amides is 2. The molecule has 0 aliphatic carbocycles. The van der Waals surface area contributed by atoms with E-state index in [0.717, 1.165) is 28.3 Å². The summed E-state index contributed by atoms with van der Waals surface area (Å²) >= 11 is 6.21. The third-order valence-corrected chi connectivity index (χ3v) is 11.6. The predicted octanol–water partition coefficient (Wildman–Crippen LogP) is 6.05. The number of alkyl halides is 3. The minimum Gasteiger partial charge on any atom is -0.485 e. The van der Waals surface area contributed by atoms with Gasteiger partial charge in [0.15, 0.2) is 22.9 Å². The second-order valence-electron chi connectivity index (χ2n) is 15.4. The van der Waals surface area contributed by atoms with Gasteiger partial charge in [0.2, 0.25) is 11.7 Å². The smallest absolute Gasteiger partial charge is 0.416 e. The van der Waals surface area contributed by atoms with Crippen molar-refractivity contribution < 1.29 is 36.7 Å².